The molecule has 1 aliphatic rings. The largest absolute Gasteiger partial charge is 0.465 e. The molecule has 0 saturated carbocycles. The van der Waals surface area contributed by atoms with Crippen LogP contribution in [0.1, 0.15) is 27.6 Å². The summed E-state index contributed by atoms with van der Waals surface area (Å²) in [4.78, 5) is 29.8. The lowest BCUT2D eigenvalue weighted by Gasteiger charge is -2.36. The number of carbonyl (C=O) groups is 2. The summed E-state index contributed by atoms with van der Waals surface area (Å²) >= 11 is 9.07. The summed E-state index contributed by atoms with van der Waals surface area (Å²) in [6, 6.07) is 8.99. The van der Waals surface area contributed by atoms with Crippen LogP contribution in [-0.4, -0.2) is 56.6 Å². The van der Waals surface area contributed by atoms with Gasteiger partial charge in [-0.05, 0) is 75.4 Å². The molecule has 0 aliphatic carbocycles. The standard InChI is InChI=1S/C21H22Br2IN3O3/c1-3-26-6-8-27(9-7-26)18-5-4-13(21(29)30-2)10-17(18)25-20(28)15-11-14(22)12-16(23)19(15)24/h4-5,10-12H,3,6-9H2,1-2H3,(H,25,28). The van der Waals surface area contributed by atoms with Crippen molar-refractivity contribution in [1.82, 2.24) is 4.90 Å². The molecule has 0 spiro atoms. The van der Waals surface area contributed by atoms with Crippen LogP contribution in [0, 0.1) is 3.57 Å². The summed E-state index contributed by atoms with van der Waals surface area (Å²) in [5.41, 5.74) is 2.44. The maximum atomic E-state index is 13.1. The molecule has 2 aromatic carbocycles. The van der Waals surface area contributed by atoms with Gasteiger partial charge in [0.2, 0.25) is 0 Å². The fraction of sp³-hybridized carbons (Fsp3) is 0.333. The van der Waals surface area contributed by atoms with E-state index < -0.39 is 5.97 Å². The van der Waals surface area contributed by atoms with Gasteiger partial charge in [-0.3, -0.25) is 4.79 Å². The lowest BCUT2D eigenvalue weighted by molar-refractivity contribution is 0.0600. The van der Waals surface area contributed by atoms with E-state index in [1.165, 1.54) is 7.11 Å². The molecule has 160 valence electrons. The van der Waals surface area contributed by atoms with Gasteiger partial charge >= 0.3 is 5.97 Å². The number of nitrogens with zero attached hydrogens (tertiary/aromatic N) is 2. The van der Waals surface area contributed by atoms with Gasteiger partial charge in [0, 0.05) is 38.7 Å². The first-order valence-corrected chi connectivity index (χ1v) is 12.2. The van der Waals surface area contributed by atoms with Gasteiger partial charge in [0.1, 0.15) is 0 Å². The molecule has 3 rings (SSSR count). The van der Waals surface area contributed by atoms with Crippen molar-refractivity contribution in [1.29, 1.82) is 0 Å². The molecular formula is C21H22Br2IN3O3. The van der Waals surface area contributed by atoms with E-state index in [-0.39, 0.29) is 5.91 Å². The van der Waals surface area contributed by atoms with E-state index in [0.717, 1.165) is 50.9 Å². The van der Waals surface area contributed by atoms with Crippen LogP contribution in [0.3, 0.4) is 0 Å². The van der Waals surface area contributed by atoms with E-state index in [4.69, 9.17) is 4.74 Å². The number of likely N-dealkylation sites (N-methyl/N-ethyl adjacent to an activating group) is 1. The predicted octanol–water partition coefficient (Wildman–Crippen LogP) is 5.00. The normalized spacial score (nSPS) is 14.5. The molecular weight excluding hydrogens is 629 g/mol. The molecule has 1 heterocycles. The first-order valence-electron chi connectivity index (χ1n) is 9.49. The van der Waals surface area contributed by atoms with Gasteiger partial charge in [-0.25, -0.2) is 4.79 Å². The van der Waals surface area contributed by atoms with E-state index in [9.17, 15) is 9.59 Å². The highest BCUT2D eigenvalue weighted by molar-refractivity contribution is 14.1. The Balaban J connectivity index is 1.95. The lowest BCUT2D eigenvalue weighted by atomic mass is 10.1. The SMILES string of the molecule is CCN1CCN(c2ccc(C(=O)OC)cc2NC(=O)c2cc(Br)cc(Br)c2I)CC1. The lowest BCUT2D eigenvalue weighted by Crippen LogP contribution is -2.46. The van der Waals surface area contributed by atoms with Gasteiger partial charge in [-0.1, -0.05) is 22.9 Å². The van der Waals surface area contributed by atoms with Crippen LogP contribution < -0.4 is 10.2 Å². The van der Waals surface area contributed by atoms with Crippen LogP contribution >= 0.6 is 54.5 Å². The van der Waals surface area contributed by atoms with Crippen molar-refractivity contribution in [2.24, 2.45) is 0 Å². The molecule has 9 heteroatoms. The zero-order chi connectivity index (χ0) is 21.8. The Kier molecular flexibility index (Phi) is 8.17. The number of anilines is 2. The Morgan fingerprint density at radius 3 is 2.47 bits per heavy atom. The Bertz CT molecular complexity index is 963. The third-order valence-electron chi connectivity index (χ3n) is 5.06. The van der Waals surface area contributed by atoms with Crippen LogP contribution in [0.25, 0.3) is 0 Å². The number of rotatable bonds is 5. The molecule has 0 radical (unpaired) electrons. The number of halogens is 3. The Hall–Kier alpha value is -1.17. The predicted molar refractivity (Wildman–Crippen MR) is 135 cm³/mol. The average Bonchev–Trinajstić information content (AvgIpc) is 2.75. The topological polar surface area (TPSA) is 61.9 Å². The Labute approximate surface area is 206 Å². The van der Waals surface area contributed by atoms with E-state index in [1.54, 1.807) is 18.2 Å². The van der Waals surface area contributed by atoms with Gasteiger partial charge in [-0.15, -0.1) is 0 Å². The summed E-state index contributed by atoms with van der Waals surface area (Å²) in [5, 5.41) is 3.02. The minimum absolute atomic E-state index is 0.239. The Morgan fingerprint density at radius 2 is 1.83 bits per heavy atom. The van der Waals surface area contributed by atoms with Gasteiger partial charge < -0.3 is 19.9 Å². The van der Waals surface area contributed by atoms with E-state index in [0.29, 0.717) is 16.8 Å². The van der Waals surface area contributed by atoms with Gasteiger partial charge in [0.25, 0.3) is 5.91 Å². The van der Waals surface area contributed by atoms with Crippen LogP contribution in [0.15, 0.2) is 39.3 Å². The van der Waals surface area contributed by atoms with E-state index in [1.807, 2.05) is 12.1 Å². The number of hydrogen-bond acceptors (Lipinski definition) is 5. The molecule has 1 fully saturated rings. The summed E-state index contributed by atoms with van der Waals surface area (Å²) in [5.74, 6) is -0.676. The second-order valence-electron chi connectivity index (χ2n) is 6.85. The minimum Gasteiger partial charge on any atom is -0.465 e. The van der Waals surface area contributed by atoms with Gasteiger partial charge in [0.15, 0.2) is 0 Å². The molecule has 1 amide bonds. The summed E-state index contributed by atoms with van der Waals surface area (Å²) in [6.07, 6.45) is 0. The van der Waals surface area contributed by atoms with Crippen LogP contribution in [0.4, 0.5) is 11.4 Å². The molecule has 0 unspecified atom stereocenters. The zero-order valence-corrected chi connectivity index (χ0v) is 22.0. The van der Waals surface area contributed by atoms with Crippen LogP contribution in [0.2, 0.25) is 0 Å². The van der Waals surface area contributed by atoms with Crippen molar-refractivity contribution in [2.75, 3.05) is 50.1 Å². The van der Waals surface area contributed by atoms with E-state index in [2.05, 4.69) is 76.5 Å². The summed E-state index contributed by atoms with van der Waals surface area (Å²) < 4.78 is 7.32. The van der Waals surface area contributed by atoms with Gasteiger partial charge in [-0.2, -0.15) is 0 Å². The number of amides is 1. The number of piperazine rings is 1. The smallest absolute Gasteiger partial charge is 0.337 e. The molecule has 1 aliphatic heterocycles. The van der Waals surface area contributed by atoms with Crippen molar-refractivity contribution in [3.63, 3.8) is 0 Å². The third kappa shape index (κ3) is 5.35. The molecule has 0 aromatic heterocycles. The molecule has 6 nitrogen and oxygen atoms in total. The molecule has 30 heavy (non-hydrogen) atoms. The number of carbonyl (C=O) groups excluding carboxylic acids is 2. The number of benzene rings is 2. The van der Waals surface area contributed by atoms with Crippen molar-refractivity contribution in [3.05, 3.63) is 54.0 Å². The van der Waals surface area contributed by atoms with Crippen molar-refractivity contribution in [3.8, 4) is 0 Å². The average molecular weight is 651 g/mol. The molecule has 1 saturated heterocycles. The summed E-state index contributed by atoms with van der Waals surface area (Å²) in [7, 11) is 1.35. The van der Waals surface area contributed by atoms with E-state index >= 15 is 0 Å². The first kappa shape index (κ1) is 23.5. The monoisotopic (exact) mass is 649 g/mol. The van der Waals surface area contributed by atoms with Crippen LogP contribution in [0.5, 0.6) is 0 Å². The minimum atomic E-state index is -0.437. The first-order chi connectivity index (χ1) is 14.3. The zero-order valence-electron chi connectivity index (χ0n) is 16.7. The molecule has 2 aromatic rings. The molecule has 1 N–H and O–H groups in total. The number of hydrogen-bond donors (Lipinski definition) is 1. The second-order valence-corrected chi connectivity index (χ2v) is 9.70. The number of esters is 1. The van der Waals surface area contributed by atoms with Crippen molar-refractivity contribution < 1.29 is 14.3 Å². The fourth-order valence-electron chi connectivity index (χ4n) is 3.37. The number of ether oxygens (including phenoxy) is 1. The van der Waals surface area contributed by atoms with Crippen LogP contribution in [-0.2, 0) is 4.74 Å². The number of nitrogens with one attached hydrogen (secondary N) is 1. The highest BCUT2D eigenvalue weighted by Gasteiger charge is 2.22. The highest BCUT2D eigenvalue weighted by Crippen LogP contribution is 2.31. The number of methoxy groups -OCH3 is 1. The molecule has 0 atom stereocenters. The maximum Gasteiger partial charge on any atom is 0.337 e. The highest BCUT2D eigenvalue weighted by atomic mass is 127. The fourth-order valence-corrected chi connectivity index (χ4v) is 5.15. The summed E-state index contributed by atoms with van der Waals surface area (Å²) in [6.45, 7) is 6.81. The van der Waals surface area contributed by atoms with Crippen molar-refractivity contribution in [2.45, 2.75) is 6.92 Å². The van der Waals surface area contributed by atoms with Gasteiger partial charge in [0.05, 0.1) is 29.6 Å². The quantitative estimate of drug-likeness (QED) is 0.281. The maximum absolute atomic E-state index is 13.1. The van der Waals surface area contributed by atoms with Crippen molar-refractivity contribution >= 4 is 77.7 Å². The second kappa shape index (κ2) is 10.4. The Morgan fingerprint density at radius 1 is 1.13 bits per heavy atom. The third-order valence-corrected chi connectivity index (χ3v) is 8.05. The molecule has 0 bridgehead atoms.